The average Bonchev–Trinajstić information content (AvgIpc) is 3.09. The lowest BCUT2D eigenvalue weighted by Gasteiger charge is -2.43. The molecule has 0 aliphatic carbocycles. The Morgan fingerprint density at radius 2 is 1.76 bits per heavy atom. The zero-order valence-electron chi connectivity index (χ0n) is 15.9. The molecule has 3 heteroatoms. The van der Waals surface area contributed by atoms with Gasteiger partial charge in [-0.1, -0.05) is 25.1 Å². The van der Waals surface area contributed by atoms with Gasteiger partial charge in [0.1, 0.15) is 0 Å². The fraction of sp³-hybridized carbons (Fsp3) is 0.636. The third-order valence-electron chi connectivity index (χ3n) is 6.79. The largest absolute Gasteiger partial charge is 0.361 e. The van der Waals surface area contributed by atoms with Gasteiger partial charge in [-0.15, -0.1) is 0 Å². The number of likely N-dealkylation sites (tertiary alicyclic amines) is 2. The standard InChI is InChI=1S/C22H33N3/c1-3-22(18-8-12-24(2)13-9-18)25-14-10-17(11-15-25)20-16-23-21-7-5-4-6-19(20)21/h4-7,16-18,22-23H,3,8-15H2,1-2H3. The summed E-state index contributed by atoms with van der Waals surface area (Å²) in [7, 11) is 2.27. The number of nitrogens with one attached hydrogen (secondary N) is 1. The van der Waals surface area contributed by atoms with Crippen molar-refractivity contribution in [1.29, 1.82) is 0 Å². The zero-order valence-corrected chi connectivity index (χ0v) is 15.9. The number of para-hydroxylation sites is 1. The van der Waals surface area contributed by atoms with Crippen molar-refractivity contribution in [3.8, 4) is 0 Å². The van der Waals surface area contributed by atoms with E-state index in [2.05, 4.69) is 59.2 Å². The summed E-state index contributed by atoms with van der Waals surface area (Å²) in [5.41, 5.74) is 2.83. The van der Waals surface area contributed by atoms with Crippen LogP contribution >= 0.6 is 0 Å². The highest BCUT2D eigenvalue weighted by molar-refractivity contribution is 5.83. The van der Waals surface area contributed by atoms with Gasteiger partial charge in [0.15, 0.2) is 0 Å². The zero-order chi connectivity index (χ0) is 17.2. The Kier molecular flexibility index (Phi) is 5.14. The summed E-state index contributed by atoms with van der Waals surface area (Å²) in [5, 5.41) is 1.43. The number of benzene rings is 1. The number of hydrogen-bond donors (Lipinski definition) is 1. The fourth-order valence-electron chi connectivity index (χ4n) is 5.28. The van der Waals surface area contributed by atoms with Crippen LogP contribution in [0.5, 0.6) is 0 Å². The van der Waals surface area contributed by atoms with Crippen LogP contribution in [0.1, 0.15) is 50.5 Å². The first-order valence-electron chi connectivity index (χ1n) is 10.2. The molecular formula is C22H33N3. The molecule has 1 unspecified atom stereocenters. The van der Waals surface area contributed by atoms with Gasteiger partial charge in [0.2, 0.25) is 0 Å². The Morgan fingerprint density at radius 1 is 1.04 bits per heavy atom. The van der Waals surface area contributed by atoms with Gasteiger partial charge in [0.05, 0.1) is 0 Å². The molecule has 2 aliphatic heterocycles. The van der Waals surface area contributed by atoms with Gasteiger partial charge in [0.25, 0.3) is 0 Å². The van der Waals surface area contributed by atoms with Crippen molar-refractivity contribution in [2.75, 3.05) is 33.2 Å². The molecule has 136 valence electrons. The van der Waals surface area contributed by atoms with E-state index in [9.17, 15) is 0 Å². The molecule has 3 nitrogen and oxygen atoms in total. The lowest BCUT2D eigenvalue weighted by molar-refractivity contribution is 0.0725. The van der Waals surface area contributed by atoms with Crippen molar-refractivity contribution >= 4 is 10.9 Å². The highest BCUT2D eigenvalue weighted by Gasteiger charge is 2.32. The Bertz CT molecular complexity index is 675. The number of nitrogens with zero attached hydrogens (tertiary/aromatic N) is 2. The van der Waals surface area contributed by atoms with E-state index in [1.54, 1.807) is 5.56 Å². The maximum absolute atomic E-state index is 3.47. The van der Waals surface area contributed by atoms with Crippen LogP contribution < -0.4 is 0 Å². The van der Waals surface area contributed by atoms with Crippen molar-refractivity contribution in [3.63, 3.8) is 0 Å². The van der Waals surface area contributed by atoms with Crippen LogP contribution in [0.25, 0.3) is 10.9 Å². The van der Waals surface area contributed by atoms with Crippen LogP contribution in [0.4, 0.5) is 0 Å². The van der Waals surface area contributed by atoms with Crippen LogP contribution in [0.2, 0.25) is 0 Å². The second-order valence-electron chi connectivity index (χ2n) is 8.22. The second kappa shape index (κ2) is 7.51. The van der Waals surface area contributed by atoms with Crippen molar-refractivity contribution in [2.24, 2.45) is 5.92 Å². The van der Waals surface area contributed by atoms with E-state index < -0.39 is 0 Å². The smallest absolute Gasteiger partial charge is 0.0456 e. The Labute approximate surface area is 152 Å². The molecule has 0 bridgehead atoms. The molecule has 25 heavy (non-hydrogen) atoms. The van der Waals surface area contributed by atoms with Crippen LogP contribution in [-0.2, 0) is 0 Å². The number of hydrogen-bond acceptors (Lipinski definition) is 2. The number of H-pyrrole nitrogens is 1. The first kappa shape index (κ1) is 17.1. The summed E-state index contributed by atoms with van der Waals surface area (Å²) in [6, 6.07) is 9.57. The minimum Gasteiger partial charge on any atom is -0.361 e. The van der Waals surface area contributed by atoms with E-state index in [-0.39, 0.29) is 0 Å². The summed E-state index contributed by atoms with van der Waals surface area (Å²) < 4.78 is 0. The summed E-state index contributed by atoms with van der Waals surface area (Å²) >= 11 is 0. The molecule has 1 atom stereocenters. The number of aromatic amines is 1. The summed E-state index contributed by atoms with van der Waals surface area (Å²) in [5.74, 6) is 1.63. The van der Waals surface area contributed by atoms with E-state index in [0.717, 1.165) is 17.9 Å². The van der Waals surface area contributed by atoms with Gasteiger partial charge in [-0.2, -0.15) is 0 Å². The van der Waals surface area contributed by atoms with E-state index in [1.807, 2.05) is 0 Å². The summed E-state index contributed by atoms with van der Waals surface area (Å²) in [6.45, 7) is 7.51. The van der Waals surface area contributed by atoms with Gasteiger partial charge in [-0.05, 0) is 88.8 Å². The average molecular weight is 340 g/mol. The van der Waals surface area contributed by atoms with Crippen molar-refractivity contribution < 1.29 is 0 Å². The topological polar surface area (TPSA) is 22.3 Å². The molecule has 1 N–H and O–H groups in total. The molecule has 2 aromatic rings. The van der Waals surface area contributed by atoms with Crippen LogP contribution in [0.15, 0.2) is 30.5 Å². The molecule has 2 saturated heterocycles. The highest BCUT2D eigenvalue weighted by atomic mass is 15.2. The van der Waals surface area contributed by atoms with Gasteiger partial charge in [-0.3, -0.25) is 0 Å². The normalized spacial score (nSPS) is 23.3. The second-order valence-corrected chi connectivity index (χ2v) is 8.22. The SMILES string of the molecule is CCC(C1CCN(C)CC1)N1CCC(c2c[nH]c3ccccc23)CC1. The van der Waals surface area contributed by atoms with E-state index >= 15 is 0 Å². The maximum atomic E-state index is 3.47. The quantitative estimate of drug-likeness (QED) is 0.888. The number of rotatable bonds is 4. The molecule has 0 saturated carbocycles. The molecule has 4 rings (SSSR count). The van der Waals surface area contributed by atoms with Crippen molar-refractivity contribution in [3.05, 3.63) is 36.0 Å². The first-order chi connectivity index (χ1) is 12.3. The fourth-order valence-corrected chi connectivity index (χ4v) is 5.28. The minimum absolute atomic E-state index is 0.724. The summed E-state index contributed by atoms with van der Waals surface area (Å²) in [6.07, 6.45) is 8.97. The molecule has 2 aliphatic rings. The molecule has 1 aromatic heterocycles. The van der Waals surface area contributed by atoms with E-state index in [0.29, 0.717) is 0 Å². The van der Waals surface area contributed by atoms with Crippen LogP contribution in [0, 0.1) is 5.92 Å². The minimum atomic E-state index is 0.724. The molecule has 0 spiro atoms. The Morgan fingerprint density at radius 3 is 2.48 bits per heavy atom. The van der Waals surface area contributed by atoms with E-state index in [1.165, 1.54) is 69.2 Å². The molecular weight excluding hydrogens is 306 g/mol. The molecule has 0 amide bonds. The number of aromatic nitrogens is 1. The Hall–Kier alpha value is -1.32. The van der Waals surface area contributed by atoms with Crippen molar-refractivity contribution in [1.82, 2.24) is 14.8 Å². The molecule has 2 fully saturated rings. The van der Waals surface area contributed by atoms with Crippen LogP contribution in [-0.4, -0.2) is 54.1 Å². The van der Waals surface area contributed by atoms with Crippen LogP contribution in [0.3, 0.4) is 0 Å². The molecule has 3 heterocycles. The molecule has 1 aromatic carbocycles. The predicted molar refractivity (Wildman–Crippen MR) is 106 cm³/mol. The monoisotopic (exact) mass is 339 g/mol. The lowest BCUT2D eigenvalue weighted by atomic mass is 9.83. The van der Waals surface area contributed by atoms with Gasteiger partial charge in [0, 0.05) is 23.1 Å². The number of fused-ring (bicyclic) bond motifs is 1. The number of piperidine rings is 2. The van der Waals surface area contributed by atoms with Gasteiger partial charge >= 0.3 is 0 Å². The third-order valence-corrected chi connectivity index (χ3v) is 6.79. The summed E-state index contributed by atoms with van der Waals surface area (Å²) in [4.78, 5) is 8.78. The predicted octanol–water partition coefficient (Wildman–Crippen LogP) is 4.47. The Balaban J connectivity index is 1.40. The maximum Gasteiger partial charge on any atom is 0.0456 e. The van der Waals surface area contributed by atoms with E-state index in [4.69, 9.17) is 0 Å². The molecule has 0 radical (unpaired) electrons. The lowest BCUT2D eigenvalue weighted by Crippen LogP contribution is -2.47. The highest BCUT2D eigenvalue weighted by Crippen LogP contribution is 2.35. The third kappa shape index (κ3) is 3.50. The van der Waals surface area contributed by atoms with Crippen molar-refractivity contribution in [2.45, 2.75) is 51.0 Å². The van der Waals surface area contributed by atoms with Gasteiger partial charge < -0.3 is 14.8 Å². The first-order valence-corrected chi connectivity index (χ1v) is 10.2. The van der Waals surface area contributed by atoms with Gasteiger partial charge in [-0.25, -0.2) is 0 Å².